The van der Waals surface area contributed by atoms with Gasteiger partial charge >= 0.3 is 0 Å². The highest BCUT2D eigenvalue weighted by molar-refractivity contribution is 5.75. The molecule has 0 unspecified atom stereocenters. The van der Waals surface area contributed by atoms with Crippen molar-refractivity contribution >= 4 is 5.78 Å². The van der Waals surface area contributed by atoms with Crippen molar-refractivity contribution < 1.29 is 18.7 Å². The van der Waals surface area contributed by atoms with Gasteiger partial charge in [-0.05, 0) is 55.4 Å². The van der Waals surface area contributed by atoms with E-state index < -0.39 is 0 Å². The Labute approximate surface area is 170 Å². The number of carbonyl (C=O) groups is 1. The third kappa shape index (κ3) is 5.61. The van der Waals surface area contributed by atoms with Crippen LogP contribution in [0.15, 0.2) is 36.5 Å². The lowest BCUT2D eigenvalue weighted by molar-refractivity contribution is -0.119. The molecule has 1 aliphatic rings. The van der Waals surface area contributed by atoms with Gasteiger partial charge in [-0.25, -0.2) is 9.37 Å². The van der Waals surface area contributed by atoms with Crippen molar-refractivity contribution in [1.29, 1.82) is 5.26 Å². The molecule has 152 valence electrons. The molecule has 0 aliphatic heterocycles. The minimum atomic E-state index is -0.324. The molecule has 1 heterocycles. The number of aromatic nitrogens is 1. The number of halogens is 1. The zero-order valence-electron chi connectivity index (χ0n) is 16.7. The van der Waals surface area contributed by atoms with Crippen LogP contribution >= 0.6 is 0 Å². The molecule has 29 heavy (non-hydrogen) atoms. The first kappa shape index (κ1) is 20.9. The molecule has 1 aliphatic carbocycles. The highest BCUT2D eigenvalue weighted by Crippen LogP contribution is 2.33. The smallest absolute Gasteiger partial charge is 0.232 e. The van der Waals surface area contributed by atoms with Crippen LogP contribution in [0.3, 0.4) is 0 Å². The summed E-state index contributed by atoms with van der Waals surface area (Å²) in [4.78, 5) is 15.3. The van der Waals surface area contributed by atoms with Gasteiger partial charge < -0.3 is 14.3 Å². The summed E-state index contributed by atoms with van der Waals surface area (Å²) in [7, 11) is 0. The first-order valence-corrected chi connectivity index (χ1v) is 9.85. The summed E-state index contributed by atoms with van der Waals surface area (Å²) in [6, 6.07) is 9.89. The van der Waals surface area contributed by atoms with Crippen molar-refractivity contribution in [3.63, 3.8) is 0 Å². The number of benzene rings is 1. The van der Waals surface area contributed by atoms with Gasteiger partial charge in [0.1, 0.15) is 23.2 Å². The fourth-order valence-corrected chi connectivity index (χ4v) is 3.52. The van der Waals surface area contributed by atoms with Crippen LogP contribution in [0.4, 0.5) is 4.39 Å². The van der Waals surface area contributed by atoms with Gasteiger partial charge in [-0.1, -0.05) is 19.1 Å². The Kier molecular flexibility index (Phi) is 6.95. The molecule has 1 atom stereocenters. The average Bonchev–Trinajstić information content (AvgIpc) is 2.66. The van der Waals surface area contributed by atoms with E-state index in [1.807, 2.05) is 6.92 Å². The predicted molar refractivity (Wildman–Crippen MR) is 107 cm³/mol. The van der Waals surface area contributed by atoms with Crippen LogP contribution in [-0.2, 0) is 9.53 Å². The van der Waals surface area contributed by atoms with Gasteiger partial charge in [-0.3, -0.25) is 0 Å². The fraction of sp³-hybridized carbons (Fsp3) is 0.435. The predicted octanol–water partition coefficient (Wildman–Crippen LogP) is 4.55. The molecule has 1 fully saturated rings. The molecule has 1 aromatic heterocycles. The molecule has 6 heteroatoms. The Bertz CT molecular complexity index is 886. The summed E-state index contributed by atoms with van der Waals surface area (Å²) < 4.78 is 24.9. The van der Waals surface area contributed by atoms with E-state index in [0.29, 0.717) is 42.6 Å². The maximum atomic E-state index is 13.2. The molecule has 5 nitrogen and oxygen atoms in total. The van der Waals surface area contributed by atoms with Gasteiger partial charge in [0.25, 0.3) is 0 Å². The SMILES string of the molecule is CC(=O)C[C@@H](C)COC1CC(COc2nccc(-c3ccc(F)cc3)c2C#N)C1. The Morgan fingerprint density at radius 2 is 2.03 bits per heavy atom. The van der Waals surface area contributed by atoms with Crippen molar-refractivity contribution in [1.82, 2.24) is 4.98 Å². The van der Waals surface area contributed by atoms with Gasteiger partial charge in [0, 0.05) is 24.8 Å². The maximum absolute atomic E-state index is 13.2. The van der Waals surface area contributed by atoms with Crippen LogP contribution < -0.4 is 4.74 Å². The highest BCUT2D eigenvalue weighted by Gasteiger charge is 2.31. The average molecular weight is 396 g/mol. The van der Waals surface area contributed by atoms with Gasteiger partial charge in [0.15, 0.2) is 0 Å². The van der Waals surface area contributed by atoms with Gasteiger partial charge in [0.05, 0.1) is 12.7 Å². The molecule has 0 radical (unpaired) electrons. The molecule has 1 aromatic carbocycles. The lowest BCUT2D eigenvalue weighted by atomic mass is 9.83. The van der Waals surface area contributed by atoms with Crippen LogP contribution in [0.2, 0.25) is 0 Å². The van der Waals surface area contributed by atoms with Crippen LogP contribution in [0.25, 0.3) is 11.1 Å². The summed E-state index contributed by atoms with van der Waals surface area (Å²) in [5.74, 6) is 0.749. The van der Waals surface area contributed by atoms with Gasteiger partial charge in [-0.15, -0.1) is 0 Å². The van der Waals surface area contributed by atoms with Crippen molar-refractivity contribution in [2.24, 2.45) is 11.8 Å². The number of Topliss-reactive ketones (excluding diaryl/α,β-unsaturated/α-hetero) is 1. The second-order valence-electron chi connectivity index (χ2n) is 7.77. The molecule has 0 amide bonds. The molecule has 3 rings (SSSR count). The summed E-state index contributed by atoms with van der Waals surface area (Å²) in [6.07, 6.45) is 4.13. The van der Waals surface area contributed by atoms with E-state index in [0.717, 1.165) is 18.4 Å². The molecule has 0 bridgehead atoms. The standard InChI is InChI=1S/C23H25FN2O3/c1-15(9-16(2)27)13-28-20-10-17(11-20)14-29-23-22(12-25)21(7-8-26-23)18-3-5-19(24)6-4-18/h3-8,15,17,20H,9-11,13-14H2,1-2H3/t15-,17?,20?/m1/s1. The number of carbonyl (C=O) groups excluding carboxylic acids is 1. The normalized spacial score (nSPS) is 19.1. The Hall–Kier alpha value is -2.78. The summed E-state index contributed by atoms with van der Waals surface area (Å²) >= 11 is 0. The molecule has 2 aromatic rings. The third-order valence-electron chi connectivity index (χ3n) is 5.08. The Morgan fingerprint density at radius 1 is 1.31 bits per heavy atom. The van der Waals surface area contributed by atoms with Crippen LogP contribution in [0.5, 0.6) is 5.88 Å². The minimum absolute atomic E-state index is 0.185. The zero-order chi connectivity index (χ0) is 20.8. The summed E-state index contributed by atoms with van der Waals surface area (Å²) in [5.41, 5.74) is 1.77. The second kappa shape index (κ2) is 9.62. The van der Waals surface area contributed by atoms with Crippen molar-refractivity contribution in [3.8, 4) is 23.1 Å². The molecule has 0 spiro atoms. The first-order valence-electron chi connectivity index (χ1n) is 9.85. The number of ketones is 1. The van der Waals surface area contributed by atoms with E-state index in [2.05, 4.69) is 11.1 Å². The van der Waals surface area contributed by atoms with Crippen LogP contribution in [0, 0.1) is 29.0 Å². The molecule has 0 saturated heterocycles. The number of rotatable bonds is 9. The maximum Gasteiger partial charge on any atom is 0.232 e. The van der Waals surface area contributed by atoms with Crippen LogP contribution in [-0.4, -0.2) is 30.1 Å². The Balaban J connectivity index is 1.52. The molecular formula is C23H25FN2O3. The lowest BCUT2D eigenvalue weighted by Crippen LogP contribution is -2.36. The summed E-state index contributed by atoms with van der Waals surface area (Å²) in [6.45, 7) is 4.68. The van der Waals surface area contributed by atoms with Crippen molar-refractivity contribution in [2.75, 3.05) is 13.2 Å². The number of hydrogen-bond acceptors (Lipinski definition) is 5. The quantitative estimate of drug-likeness (QED) is 0.622. The van der Waals surface area contributed by atoms with Crippen molar-refractivity contribution in [3.05, 3.63) is 47.9 Å². The number of pyridine rings is 1. The third-order valence-corrected chi connectivity index (χ3v) is 5.08. The number of ether oxygens (including phenoxy) is 2. The first-order chi connectivity index (χ1) is 14.0. The van der Waals surface area contributed by atoms with E-state index >= 15 is 0 Å². The van der Waals surface area contributed by atoms with Gasteiger partial charge in [0.2, 0.25) is 5.88 Å². The van der Waals surface area contributed by atoms with Crippen molar-refractivity contribution in [2.45, 2.75) is 39.2 Å². The van der Waals surface area contributed by atoms with E-state index in [1.54, 1.807) is 31.3 Å². The highest BCUT2D eigenvalue weighted by atomic mass is 19.1. The number of hydrogen-bond donors (Lipinski definition) is 0. The zero-order valence-corrected chi connectivity index (χ0v) is 16.7. The number of nitriles is 1. The lowest BCUT2D eigenvalue weighted by Gasteiger charge is -2.35. The monoisotopic (exact) mass is 396 g/mol. The summed E-state index contributed by atoms with van der Waals surface area (Å²) in [5, 5.41) is 9.59. The second-order valence-corrected chi connectivity index (χ2v) is 7.77. The van der Waals surface area contributed by atoms with Crippen LogP contribution in [0.1, 0.15) is 38.7 Å². The number of nitrogens with zero attached hydrogens (tertiary/aromatic N) is 2. The molecular weight excluding hydrogens is 371 g/mol. The van der Waals surface area contributed by atoms with E-state index in [4.69, 9.17) is 9.47 Å². The van der Waals surface area contributed by atoms with E-state index in [1.165, 1.54) is 12.1 Å². The molecule has 0 N–H and O–H groups in total. The minimum Gasteiger partial charge on any atom is -0.476 e. The van der Waals surface area contributed by atoms with E-state index in [-0.39, 0.29) is 23.6 Å². The largest absolute Gasteiger partial charge is 0.476 e. The van der Waals surface area contributed by atoms with Gasteiger partial charge in [-0.2, -0.15) is 5.26 Å². The van der Waals surface area contributed by atoms with E-state index in [9.17, 15) is 14.4 Å². The fourth-order valence-electron chi connectivity index (χ4n) is 3.52. The topological polar surface area (TPSA) is 72.2 Å². The Morgan fingerprint density at radius 3 is 2.69 bits per heavy atom. The molecule has 1 saturated carbocycles.